The number of carbonyl (C=O) groups excluding carboxylic acids is 2. The number of likely N-dealkylation sites (tertiary alicyclic amines) is 1. The molecule has 1 aromatic carbocycles. The first-order valence-electron chi connectivity index (χ1n) is 10.8. The zero-order valence-electron chi connectivity index (χ0n) is 18.1. The van der Waals surface area contributed by atoms with Crippen LogP contribution in [0, 0.1) is 0 Å². The number of anilines is 2. The lowest BCUT2D eigenvalue weighted by Crippen LogP contribution is -2.32. The van der Waals surface area contributed by atoms with Crippen molar-refractivity contribution in [3.8, 4) is 0 Å². The van der Waals surface area contributed by atoms with Crippen molar-refractivity contribution in [3.63, 3.8) is 0 Å². The van der Waals surface area contributed by atoms with Gasteiger partial charge in [-0.05, 0) is 62.3 Å². The molecule has 1 fully saturated rings. The molecule has 4 heterocycles. The summed E-state index contributed by atoms with van der Waals surface area (Å²) < 4.78 is 0. The Kier molecular flexibility index (Phi) is 8.13. The summed E-state index contributed by atoms with van der Waals surface area (Å²) in [6.45, 7) is 2.95. The number of pyridine rings is 1. The van der Waals surface area contributed by atoms with E-state index in [1.807, 2.05) is 42.6 Å². The van der Waals surface area contributed by atoms with E-state index in [2.05, 4.69) is 25.5 Å². The molecule has 2 aromatic heterocycles. The number of halogens is 2. The quantitative estimate of drug-likeness (QED) is 0.454. The fraction of sp³-hybridized carbons (Fsp3) is 0.292. The summed E-state index contributed by atoms with van der Waals surface area (Å²) in [5, 5.41) is 6.85. The summed E-state index contributed by atoms with van der Waals surface area (Å²) in [4.78, 5) is 34.8. The van der Waals surface area contributed by atoms with Gasteiger partial charge in [0.15, 0.2) is 0 Å². The van der Waals surface area contributed by atoms with Crippen LogP contribution in [0.2, 0.25) is 0 Å². The monoisotopic (exact) mass is 487 g/mol. The number of rotatable bonds is 5. The first kappa shape index (κ1) is 24.8. The van der Waals surface area contributed by atoms with Crippen molar-refractivity contribution >= 4 is 70.7 Å². The van der Waals surface area contributed by atoms with Crippen molar-refractivity contribution < 1.29 is 9.59 Å². The van der Waals surface area contributed by atoms with Gasteiger partial charge in [0.05, 0.1) is 0 Å². The molecule has 2 amide bonds. The lowest BCUT2D eigenvalue weighted by molar-refractivity contribution is -0.116. The molecule has 7 nitrogen and oxygen atoms in total. The zero-order valence-corrected chi connectivity index (χ0v) is 19.7. The molecule has 2 aliphatic heterocycles. The van der Waals surface area contributed by atoms with Crippen LogP contribution in [-0.4, -0.2) is 46.3 Å². The van der Waals surface area contributed by atoms with E-state index in [4.69, 9.17) is 0 Å². The summed E-state index contributed by atoms with van der Waals surface area (Å²) in [7, 11) is 0. The average molecular weight is 488 g/mol. The van der Waals surface area contributed by atoms with Gasteiger partial charge in [-0.25, -0.2) is 4.98 Å². The Bertz CT molecular complexity index is 1180. The second-order valence-electron chi connectivity index (χ2n) is 8.12. The molecule has 0 aliphatic carbocycles. The third-order valence-corrected chi connectivity index (χ3v) is 5.97. The van der Waals surface area contributed by atoms with Gasteiger partial charge in [0.25, 0.3) is 5.91 Å². The molecule has 0 bridgehead atoms. The van der Waals surface area contributed by atoms with Gasteiger partial charge in [0.1, 0.15) is 5.65 Å². The van der Waals surface area contributed by atoms with Crippen LogP contribution in [0.15, 0.2) is 42.7 Å². The number of benzene rings is 1. The predicted molar refractivity (Wildman–Crippen MR) is 137 cm³/mol. The normalized spacial score (nSPS) is 16.6. The highest BCUT2D eigenvalue weighted by Gasteiger charge is 2.25. The highest BCUT2D eigenvalue weighted by molar-refractivity contribution is 6.35. The minimum atomic E-state index is -0.151. The SMILES string of the molecule is Cl.Cl.O=C(CCN1CCCCC1)Nc1ccc2c(c1)C(=Cc1c[nH]c3ncccc13)C(=O)N2. The number of piperidine rings is 1. The molecule has 0 spiro atoms. The highest BCUT2D eigenvalue weighted by Crippen LogP contribution is 2.36. The number of H-pyrrole nitrogens is 1. The molecule has 1 saturated heterocycles. The first-order chi connectivity index (χ1) is 15.2. The maximum atomic E-state index is 12.6. The molecule has 3 N–H and O–H groups in total. The maximum Gasteiger partial charge on any atom is 0.256 e. The van der Waals surface area contributed by atoms with Crippen LogP contribution >= 0.6 is 24.8 Å². The molecule has 174 valence electrons. The number of nitrogens with one attached hydrogen (secondary N) is 3. The molecule has 0 radical (unpaired) electrons. The Morgan fingerprint density at radius 2 is 1.97 bits per heavy atom. The molecular formula is C24H27Cl2N5O2. The fourth-order valence-corrected chi connectivity index (χ4v) is 4.33. The van der Waals surface area contributed by atoms with Crippen LogP contribution in [0.5, 0.6) is 0 Å². The molecule has 0 saturated carbocycles. The largest absolute Gasteiger partial charge is 0.346 e. The van der Waals surface area contributed by atoms with Crippen LogP contribution in [0.3, 0.4) is 0 Å². The topological polar surface area (TPSA) is 90.1 Å². The van der Waals surface area contributed by atoms with Gasteiger partial charge in [-0.1, -0.05) is 6.42 Å². The van der Waals surface area contributed by atoms with Crippen LogP contribution in [0.1, 0.15) is 36.8 Å². The number of nitrogens with zero attached hydrogens (tertiary/aromatic N) is 2. The number of amides is 2. The maximum absolute atomic E-state index is 12.6. The van der Waals surface area contributed by atoms with Gasteiger partial charge < -0.3 is 20.5 Å². The van der Waals surface area contributed by atoms with E-state index in [0.717, 1.165) is 47.5 Å². The van der Waals surface area contributed by atoms with E-state index >= 15 is 0 Å². The van der Waals surface area contributed by atoms with E-state index < -0.39 is 0 Å². The second-order valence-corrected chi connectivity index (χ2v) is 8.12. The molecule has 0 unspecified atom stereocenters. The minimum Gasteiger partial charge on any atom is -0.346 e. The summed E-state index contributed by atoms with van der Waals surface area (Å²) in [6.07, 6.45) is 9.64. The zero-order chi connectivity index (χ0) is 21.2. The third kappa shape index (κ3) is 5.38. The molecule has 9 heteroatoms. The van der Waals surface area contributed by atoms with E-state index in [0.29, 0.717) is 17.7 Å². The Morgan fingerprint density at radius 1 is 1.15 bits per heavy atom. The van der Waals surface area contributed by atoms with Crippen LogP contribution < -0.4 is 10.6 Å². The van der Waals surface area contributed by atoms with Gasteiger partial charge in [0.2, 0.25) is 5.91 Å². The number of carbonyl (C=O) groups is 2. The Hall–Kier alpha value is -2.87. The van der Waals surface area contributed by atoms with Gasteiger partial charge in [-0.3, -0.25) is 9.59 Å². The lowest BCUT2D eigenvalue weighted by atomic mass is 10.0. The summed E-state index contributed by atoms with van der Waals surface area (Å²) in [5.74, 6) is -0.155. The number of aromatic amines is 1. The Labute approximate surface area is 204 Å². The standard InChI is InChI=1S/C24H25N5O2.2ClH/c30-22(8-12-29-10-2-1-3-11-29)27-17-6-7-21-19(14-17)20(24(31)28-21)13-16-15-26-23-18(16)5-4-9-25-23;;/h4-7,9,13-15H,1-3,8,10-12H2,(H,25,26)(H,27,30)(H,28,31);2*1H. The number of aromatic nitrogens is 2. The van der Waals surface area contributed by atoms with Crippen molar-refractivity contribution in [1.29, 1.82) is 0 Å². The lowest BCUT2D eigenvalue weighted by Gasteiger charge is -2.25. The molecule has 3 aromatic rings. The van der Waals surface area contributed by atoms with Crippen LogP contribution in [0.25, 0.3) is 22.7 Å². The van der Waals surface area contributed by atoms with Gasteiger partial charge >= 0.3 is 0 Å². The third-order valence-electron chi connectivity index (χ3n) is 5.97. The van der Waals surface area contributed by atoms with Crippen molar-refractivity contribution in [2.45, 2.75) is 25.7 Å². The van der Waals surface area contributed by atoms with Gasteiger partial charge in [-0.15, -0.1) is 24.8 Å². The number of fused-ring (bicyclic) bond motifs is 2. The highest BCUT2D eigenvalue weighted by atomic mass is 35.5. The molecular weight excluding hydrogens is 461 g/mol. The Morgan fingerprint density at radius 3 is 2.79 bits per heavy atom. The second kappa shape index (κ2) is 10.8. The molecule has 5 rings (SSSR count). The molecule has 33 heavy (non-hydrogen) atoms. The van der Waals surface area contributed by atoms with E-state index in [1.165, 1.54) is 19.3 Å². The number of hydrogen-bond donors (Lipinski definition) is 3. The predicted octanol–water partition coefficient (Wildman–Crippen LogP) is 4.71. The van der Waals surface area contributed by atoms with E-state index in [-0.39, 0.29) is 36.6 Å². The van der Waals surface area contributed by atoms with Gasteiger partial charge in [0, 0.05) is 58.8 Å². The first-order valence-corrected chi connectivity index (χ1v) is 10.8. The summed E-state index contributed by atoms with van der Waals surface area (Å²) >= 11 is 0. The van der Waals surface area contributed by atoms with Crippen molar-refractivity contribution in [2.75, 3.05) is 30.3 Å². The smallest absolute Gasteiger partial charge is 0.256 e. The number of hydrogen-bond acceptors (Lipinski definition) is 4. The van der Waals surface area contributed by atoms with Crippen molar-refractivity contribution in [2.24, 2.45) is 0 Å². The van der Waals surface area contributed by atoms with Crippen molar-refractivity contribution in [1.82, 2.24) is 14.9 Å². The van der Waals surface area contributed by atoms with E-state index in [1.54, 1.807) is 6.20 Å². The summed E-state index contributed by atoms with van der Waals surface area (Å²) in [5.41, 5.74) is 4.49. The summed E-state index contributed by atoms with van der Waals surface area (Å²) in [6, 6.07) is 9.38. The average Bonchev–Trinajstić information content (AvgIpc) is 3.34. The van der Waals surface area contributed by atoms with Gasteiger partial charge in [-0.2, -0.15) is 0 Å². The van der Waals surface area contributed by atoms with Crippen LogP contribution in [-0.2, 0) is 9.59 Å². The molecule has 0 atom stereocenters. The minimum absolute atomic E-state index is 0. The fourth-order valence-electron chi connectivity index (χ4n) is 4.33. The van der Waals surface area contributed by atoms with E-state index in [9.17, 15) is 9.59 Å². The van der Waals surface area contributed by atoms with Crippen LogP contribution in [0.4, 0.5) is 11.4 Å². The Balaban J connectivity index is 0.00000153. The molecule has 2 aliphatic rings. The van der Waals surface area contributed by atoms with Crippen molar-refractivity contribution in [3.05, 3.63) is 53.9 Å².